The van der Waals surface area contributed by atoms with Gasteiger partial charge in [-0.2, -0.15) is 5.10 Å². The molecule has 0 spiro atoms. The van der Waals surface area contributed by atoms with Gasteiger partial charge < -0.3 is 19.9 Å². The lowest BCUT2D eigenvalue weighted by atomic mass is 9.91. The van der Waals surface area contributed by atoms with Crippen LogP contribution >= 0.6 is 0 Å². The summed E-state index contributed by atoms with van der Waals surface area (Å²) in [5, 5.41) is 19.5. The Morgan fingerprint density at radius 3 is 2.55 bits per heavy atom. The lowest BCUT2D eigenvalue weighted by molar-refractivity contribution is -0.122. The first-order chi connectivity index (χ1) is 19.2. The van der Waals surface area contributed by atoms with Crippen molar-refractivity contribution in [2.45, 2.75) is 45.3 Å². The number of hydrogen-bond acceptors (Lipinski definition) is 7. The zero-order valence-electron chi connectivity index (χ0n) is 22.0. The van der Waals surface area contributed by atoms with Crippen molar-refractivity contribution in [3.8, 4) is 5.75 Å². The third-order valence-corrected chi connectivity index (χ3v) is 7.12. The van der Waals surface area contributed by atoms with Crippen LogP contribution in [0.25, 0.3) is 5.65 Å². The third-order valence-electron chi connectivity index (χ3n) is 7.12. The fourth-order valence-corrected chi connectivity index (χ4v) is 5.04. The molecule has 0 aliphatic carbocycles. The predicted molar refractivity (Wildman–Crippen MR) is 144 cm³/mol. The van der Waals surface area contributed by atoms with Crippen LogP contribution in [0.4, 0.5) is 0 Å². The van der Waals surface area contributed by atoms with Gasteiger partial charge in [-0.25, -0.2) is 14.3 Å². The van der Waals surface area contributed by atoms with Gasteiger partial charge in [0.25, 0.3) is 5.91 Å². The molecular formula is C28H28N6O6. The Morgan fingerprint density at radius 2 is 1.82 bits per heavy atom. The average molecular weight is 545 g/mol. The minimum atomic E-state index is -0.887. The van der Waals surface area contributed by atoms with E-state index in [1.807, 2.05) is 13.8 Å². The molecule has 1 aliphatic rings. The van der Waals surface area contributed by atoms with E-state index in [2.05, 4.69) is 15.5 Å². The van der Waals surface area contributed by atoms with Crippen LogP contribution in [0, 0.1) is 0 Å². The fourth-order valence-electron chi connectivity index (χ4n) is 5.04. The Morgan fingerprint density at radius 1 is 1.07 bits per heavy atom. The molecule has 4 heterocycles. The summed E-state index contributed by atoms with van der Waals surface area (Å²) in [7, 11) is 0. The van der Waals surface area contributed by atoms with Gasteiger partial charge in [-0.1, -0.05) is 30.3 Å². The van der Waals surface area contributed by atoms with Gasteiger partial charge in [0.1, 0.15) is 0 Å². The van der Waals surface area contributed by atoms with Crippen LogP contribution < -0.4 is 16.4 Å². The van der Waals surface area contributed by atoms with Gasteiger partial charge in [0.15, 0.2) is 22.9 Å². The second kappa shape index (κ2) is 10.6. The molecular weight excluding hydrogens is 516 g/mol. The van der Waals surface area contributed by atoms with Crippen molar-refractivity contribution in [2.75, 3.05) is 6.54 Å². The van der Waals surface area contributed by atoms with Crippen LogP contribution in [0.2, 0.25) is 0 Å². The minimum absolute atomic E-state index is 0.0990. The normalized spacial score (nSPS) is 13.9. The number of ketones is 1. The molecule has 5 rings (SSSR count). The summed E-state index contributed by atoms with van der Waals surface area (Å²) in [6.45, 7) is 4.32. The van der Waals surface area contributed by atoms with E-state index >= 15 is 0 Å². The number of hydrogen-bond donors (Lipinski definition) is 3. The highest BCUT2D eigenvalue weighted by Gasteiger charge is 2.32. The molecule has 40 heavy (non-hydrogen) atoms. The molecule has 0 bridgehead atoms. The van der Waals surface area contributed by atoms with E-state index in [1.54, 1.807) is 51.9 Å². The number of aromatic nitrogens is 4. The molecule has 1 aliphatic heterocycles. The van der Waals surface area contributed by atoms with Crippen molar-refractivity contribution in [1.82, 2.24) is 29.4 Å². The zero-order chi connectivity index (χ0) is 28.6. The number of fused-ring (bicyclic) bond motifs is 2. The summed E-state index contributed by atoms with van der Waals surface area (Å²) in [5.74, 6) is -2.81. The summed E-state index contributed by atoms with van der Waals surface area (Å²) in [4.78, 5) is 65.9. The van der Waals surface area contributed by atoms with Crippen molar-refractivity contribution < 1.29 is 19.5 Å². The van der Waals surface area contributed by atoms with Crippen molar-refractivity contribution >= 4 is 23.2 Å². The second-order valence-electron chi connectivity index (χ2n) is 9.89. The van der Waals surface area contributed by atoms with E-state index in [0.717, 1.165) is 0 Å². The van der Waals surface area contributed by atoms with Gasteiger partial charge in [-0.05, 0) is 31.5 Å². The Balaban J connectivity index is 1.42. The minimum Gasteiger partial charge on any atom is -0.503 e. The maximum absolute atomic E-state index is 13.5. The van der Waals surface area contributed by atoms with Gasteiger partial charge in [0.2, 0.25) is 11.3 Å². The summed E-state index contributed by atoms with van der Waals surface area (Å²) in [5.41, 5.74) is 0.0286. The lowest BCUT2D eigenvalue weighted by Crippen LogP contribution is -2.46. The molecule has 1 aromatic carbocycles. The van der Waals surface area contributed by atoms with Crippen LogP contribution in [0.15, 0.2) is 64.3 Å². The van der Waals surface area contributed by atoms with Crippen molar-refractivity contribution in [3.63, 3.8) is 0 Å². The van der Waals surface area contributed by atoms with Gasteiger partial charge in [0.05, 0.1) is 18.0 Å². The highest BCUT2D eigenvalue weighted by Crippen LogP contribution is 2.25. The molecule has 12 heteroatoms. The van der Waals surface area contributed by atoms with E-state index in [9.17, 15) is 29.1 Å². The molecule has 0 saturated carbocycles. The number of amides is 2. The average Bonchev–Trinajstić information content (AvgIpc) is 3.33. The number of H-pyrrole nitrogens is 1. The number of carbonyl (C=O) groups is 3. The van der Waals surface area contributed by atoms with Crippen molar-refractivity contribution in [3.05, 3.63) is 98.0 Å². The Bertz CT molecular complexity index is 1740. The summed E-state index contributed by atoms with van der Waals surface area (Å²) < 4.78 is 2.77. The van der Waals surface area contributed by atoms with Gasteiger partial charge >= 0.3 is 5.69 Å². The zero-order valence-corrected chi connectivity index (χ0v) is 22.0. The van der Waals surface area contributed by atoms with Crippen LogP contribution in [0.1, 0.15) is 58.3 Å². The lowest BCUT2D eigenvalue weighted by Gasteiger charge is -2.34. The highest BCUT2D eigenvalue weighted by molar-refractivity contribution is 6.04. The number of aromatic amines is 1. The molecule has 3 N–H and O–H groups in total. The van der Waals surface area contributed by atoms with Gasteiger partial charge in [-0.15, -0.1) is 0 Å². The monoisotopic (exact) mass is 544 g/mol. The fraction of sp³-hybridized carbons (Fsp3) is 0.286. The molecule has 1 atom stereocenters. The Labute approximate surface area is 227 Å². The summed E-state index contributed by atoms with van der Waals surface area (Å²) in [6, 6.07) is 13.0. The van der Waals surface area contributed by atoms with Crippen molar-refractivity contribution in [2.24, 2.45) is 0 Å². The summed E-state index contributed by atoms with van der Waals surface area (Å²) >= 11 is 0. The van der Waals surface area contributed by atoms with Crippen molar-refractivity contribution in [1.29, 1.82) is 0 Å². The van der Waals surface area contributed by atoms with Crippen LogP contribution in [0.5, 0.6) is 5.75 Å². The number of nitrogens with zero attached hydrogens (tertiary/aromatic N) is 4. The highest BCUT2D eigenvalue weighted by atomic mass is 16.3. The molecule has 12 nitrogen and oxygen atoms in total. The Hall–Kier alpha value is -5.00. The predicted octanol–water partition coefficient (Wildman–Crippen LogP) is 1.43. The summed E-state index contributed by atoms with van der Waals surface area (Å²) in [6.07, 6.45) is 1.29. The third kappa shape index (κ3) is 4.79. The first kappa shape index (κ1) is 26.6. The maximum atomic E-state index is 13.5. The van der Waals surface area contributed by atoms with E-state index in [1.165, 1.54) is 16.7 Å². The standard InChI is InChI=1S/C28H28N6O6/c1-16(2)32-11-12-33-18(13-22(36)24(37)23(33)27(32)39)15-29-26(38)20(17-7-4-3-5-8-17)14-21(35)19-9-6-10-34-25(19)30-31-28(34)40/h3-10,13,16,20,37H,11-12,14-15H2,1-2H3,(H,29,38)(H,31,40)/t20-/m1/s1. The number of rotatable bonds is 8. The van der Waals surface area contributed by atoms with E-state index in [4.69, 9.17) is 0 Å². The maximum Gasteiger partial charge on any atom is 0.347 e. The van der Waals surface area contributed by atoms with E-state index in [0.29, 0.717) is 24.3 Å². The molecule has 4 aromatic rings. The first-order valence-electron chi connectivity index (χ1n) is 12.9. The molecule has 0 saturated heterocycles. The van der Waals surface area contributed by atoms with Crippen LogP contribution in [-0.4, -0.2) is 59.4 Å². The topological polar surface area (TPSA) is 159 Å². The van der Waals surface area contributed by atoms with Gasteiger partial charge in [-0.3, -0.25) is 19.2 Å². The molecule has 2 amide bonds. The number of benzene rings is 1. The van der Waals surface area contributed by atoms with Gasteiger partial charge in [0, 0.05) is 43.5 Å². The number of Topliss-reactive ketones (excluding diaryl/α,β-unsaturated/α-hetero) is 1. The number of aromatic hydroxyl groups is 1. The molecule has 206 valence electrons. The number of pyridine rings is 2. The number of carbonyl (C=O) groups excluding carboxylic acids is 3. The molecule has 0 unspecified atom stereocenters. The first-order valence-corrected chi connectivity index (χ1v) is 12.9. The smallest absolute Gasteiger partial charge is 0.347 e. The van der Waals surface area contributed by atoms with Crippen LogP contribution in [0.3, 0.4) is 0 Å². The molecule has 3 aromatic heterocycles. The quantitative estimate of drug-likeness (QED) is 0.283. The second-order valence-corrected chi connectivity index (χ2v) is 9.89. The van der Waals surface area contributed by atoms with Crippen LogP contribution in [-0.2, 0) is 17.9 Å². The largest absolute Gasteiger partial charge is 0.503 e. The number of nitrogens with one attached hydrogen (secondary N) is 2. The molecule has 0 fully saturated rings. The Kier molecular flexibility index (Phi) is 7.07. The van der Waals surface area contributed by atoms with E-state index < -0.39 is 34.6 Å². The SMILES string of the molecule is CC(C)N1CCn2c(CNC(=O)[C@H](CC(=O)c3cccn4c(=O)[nH]nc34)c3ccccc3)cc(=O)c(O)c2C1=O. The van der Waals surface area contributed by atoms with E-state index in [-0.39, 0.29) is 41.7 Å². The molecule has 0 radical (unpaired) electrons.